The molecule has 0 aliphatic rings. The van der Waals surface area contributed by atoms with Gasteiger partial charge in [0.25, 0.3) is 0 Å². The molecule has 20 heavy (non-hydrogen) atoms. The Labute approximate surface area is 116 Å². The third-order valence-corrected chi connectivity index (χ3v) is 3.01. The van der Waals surface area contributed by atoms with Gasteiger partial charge in [-0.2, -0.15) is 0 Å². The van der Waals surface area contributed by atoms with Gasteiger partial charge in [-0.1, -0.05) is 18.2 Å². The Kier molecular flexibility index (Phi) is 2.99. The number of anilines is 1. The summed E-state index contributed by atoms with van der Waals surface area (Å²) in [6.07, 6.45) is 0. The molecule has 0 spiro atoms. The van der Waals surface area contributed by atoms with E-state index in [9.17, 15) is 4.79 Å². The Balaban J connectivity index is 2.13. The fourth-order valence-electron chi connectivity index (χ4n) is 2.12. The maximum atomic E-state index is 11.3. The minimum absolute atomic E-state index is 0.121. The lowest BCUT2D eigenvalue weighted by Gasteiger charge is -2.06. The molecule has 1 N–H and O–H groups in total. The van der Waals surface area contributed by atoms with Crippen molar-refractivity contribution in [3.05, 3.63) is 48.0 Å². The summed E-state index contributed by atoms with van der Waals surface area (Å²) in [6.45, 7) is 3.49. The van der Waals surface area contributed by atoms with Gasteiger partial charge in [-0.3, -0.25) is 4.79 Å². The van der Waals surface area contributed by atoms with Gasteiger partial charge in [0.1, 0.15) is 5.52 Å². The van der Waals surface area contributed by atoms with Gasteiger partial charge in [-0.25, -0.2) is 4.98 Å². The van der Waals surface area contributed by atoms with Gasteiger partial charge in [0, 0.05) is 6.92 Å². The Morgan fingerprint density at radius 1 is 1.20 bits per heavy atom. The van der Waals surface area contributed by atoms with E-state index in [4.69, 9.17) is 4.42 Å². The molecule has 0 aliphatic heterocycles. The van der Waals surface area contributed by atoms with Gasteiger partial charge in [0.2, 0.25) is 11.8 Å². The minimum atomic E-state index is -0.121. The van der Waals surface area contributed by atoms with Crippen LogP contribution in [0.15, 0.2) is 46.9 Å². The largest absolute Gasteiger partial charge is 0.436 e. The molecule has 2 aromatic carbocycles. The van der Waals surface area contributed by atoms with Crippen LogP contribution < -0.4 is 5.32 Å². The molecule has 3 aromatic rings. The number of aryl methyl sites for hydroxylation is 1. The van der Waals surface area contributed by atoms with E-state index in [2.05, 4.69) is 10.3 Å². The molecule has 1 heterocycles. The Bertz CT molecular complexity index is 790. The number of carbonyl (C=O) groups excluding carboxylic acids is 1. The van der Waals surface area contributed by atoms with E-state index in [1.165, 1.54) is 6.92 Å². The summed E-state index contributed by atoms with van der Waals surface area (Å²) < 4.78 is 5.79. The van der Waals surface area contributed by atoms with Crippen LogP contribution in [0, 0.1) is 6.92 Å². The predicted molar refractivity (Wildman–Crippen MR) is 78.5 cm³/mol. The molecule has 0 unspecified atom stereocenters. The number of amides is 1. The highest BCUT2D eigenvalue weighted by Crippen LogP contribution is 2.30. The highest BCUT2D eigenvalue weighted by atomic mass is 16.3. The number of benzene rings is 2. The first-order chi connectivity index (χ1) is 9.63. The van der Waals surface area contributed by atoms with Gasteiger partial charge in [0.15, 0.2) is 5.58 Å². The second kappa shape index (κ2) is 4.81. The number of carbonyl (C=O) groups is 1. The molecule has 0 radical (unpaired) electrons. The van der Waals surface area contributed by atoms with Crippen molar-refractivity contribution < 1.29 is 9.21 Å². The summed E-state index contributed by atoms with van der Waals surface area (Å²) in [5.74, 6) is 0.388. The van der Waals surface area contributed by atoms with Crippen molar-refractivity contribution in [2.45, 2.75) is 13.8 Å². The van der Waals surface area contributed by atoms with E-state index < -0.39 is 0 Å². The maximum absolute atomic E-state index is 11.3. The molecule has 0 saturated carbocycles. The normalized spacial score (nSPS) is 10.7. The van der Waals surface area contributed by atoms with E-state index in [1.807, 2.05) is 49.4 Å². The van der Waals surface area contributed by atoms with E-state index in [-0.39, 0.29) is 5.91 Å². The first-order valence-electron chi connectivity index (χ1n) is 6.37. The summed E-state index contributed by atoms with van der Waals surface area (Å²) in [7, 11) is 0. The fraction of sp³-hybridized carbons (Fsp3) is 0.125. The molecule has 100 valence electrons. The van der Waals surface area contributed by atoms with Crippen molar-refractivity contribution in [3.8, 4) is 11.5 Å². The standard InChI is InChI=1S/C16H14N2O2/c1-10-7-8-14-15(9-10)20-16(18-14)12-5-3-4-6-13(12)17-11(2)19/h3-9H,1-2H3,(H,17,19). The molecular weight excluding hydrogens is 252 g/mol. The fourth-order valence-corrected chi connectivity index (χ4v) is 2.12. The Hall–Kier alpha value is -2.62. The summed E-state index contributed by atoms with van der Waals surface area (Å²) >= 11 is 0. The predicted octanol–water partition coefficient (Wildman–Crippen LogP) is 3.76. The van der Waals surface area contributed by atoms with E-state index in [1.54, 1.807) is 0 Å². The number of fused-ring (bicyclic) bond motifs is 1. The average Bonchev–Trinajstić information content (AvgIpc) is 2.81. The smallest absolute Gasteiger partial charge is 0.229 e. The summed E-state index contributed by atoms with van der Waals surface area (Å²) in [5, 5.41) is 2.79. The number of nitrogens with one attached hydrogen (secondary N) is 1. The van der Waals surface area contributed by atoms with Crippen molar-refractivity contribution in [1.29, 1.82) is 0 Å². The lowest BCUT2D eigenvalue weighted by atomic mass is 10.2. The molecule has 0 bridgehead atoms. The summed E-state index contributed by atoms with van der Waals surface area (Å²) in [6, 6.07) is 13.3. The van der Waals surface area contributed by atoms with Crippen molar-refractivity contribution in [3.63, 3.8) is 0 Å². The van der Waals surface area contributed by atoms with Crippen molar-refractivity contribution in [2.75, 3.05) is 5.32 Å². The second-order valence-corrected chi connectivity index (χ2v) is 4.72. The third-order valence-electron chi connectivity index (χ3n) is 3.01. The lowest BCUT2D eigenvalue weighted by molar-refractivity contribution is -0.114. The monoisotopic (exact) mass is 266 g/mol. The Morgan fingerprint density at radius 2 is 2.00 bits per heavy atom. The number of aromatic nitrogens is 1. The quantitative estimate of drug-likeness (QED) is 0.768. The van der Waals surface area contributed by atoms with Crippen LogP contribution in [-0.2, 0) is 4.79 Å². The van der Waals surface area contributed by atoms with Gasteiger partial charge in [0.05, 0.1) is 11.3 Å². The lowest BCUT2D eigenvalue weighted by Crippen LogP contribution is -2.06. The zero-order valence-corrected chi connectivity index (χ0v) is 11.3. The van der Waals surface area contributed by atoms with Crippen LogP contribution in [0.5, 0.6) is 0 Å². The molecule has 1 amide bonds. The summed E-state index contributed by atoms with van der Waals surface area (Å²) in [5.41, 5.74) is 4.15. The van der Waals surface area contributed by atoms with Crippen molar-refractivity contribution in [1.82, 2.24) is 4.98 Å². The second-order valence-electron chi connectivity index (χ2n) is 4.72. The maximum Gasteiger partial charge on any atom is 0.229 e. The van der Waals surface area contributed by atoms with Crippen LogP contribution >= 0.6 is 0 Å². The number of hydrogen-bond acceptors (Lipinski definition) is 3. The van der Waals surface area contributed by atoms with E-state index >= 15 is 0 Å². The van der Waals surface area contributed by atoms with Crippen LogP contribution in [0.1, 0.15) is 12.5 Å². The van der Waals surface area contributed by atoms with Crippen molar-refractivity contribution >= 4 is 22.7 Å². The highest BCUT2D eigenvalue weighted by Gasteiger charge is 2.12. The Morgan fingerprint density at radius 3 is 2.80 bits per heavy atom. The molecule has 0 atom stereocenters. The molecule has 1 aromatic heterocycles. The van der Waals surface area contributed by atoms with E-state index in [0.29, 0.717) is 11.6 Å². The van der Waals surface area contributed by atoms with Gasteiger partial charge in [-0.05, 0) is 36.8 Å². The molecule has 4 heteroatoms. The number of oxazole rings is 1. The molecule has 0 fully saturated rings. The molecular formula is C16H14N2O2. The van der Waals surface area contributed by atoms with Crippen LogP contribution in [0.3, 0.4) is 0 Å². The van der Waals surface area contributed by atoms with Crippen molar-refractivity contribution in [2.24, 2.45) is 0 Å². The van der Waals surface area contributed by atoms with Gasteiger partial charge < -0.3 is 9.73 Å². The molecule has 3 rings (SSSR count). The zero-order valence-electron chi connectivity index (χ0n) is 11.3. The average molecular weight is 266 g/mol. The summed E-state index contributed by atoms with van der Waals surface area (Å²) in [4.78, 5) is 15.7. The number of rotatable bonds is 2. The van der Waals surface area contributed by atoms with Gasteiger partial charge in [-0.15, -0.1) is 0 Å². The van der Waals surface area contributed by atoms with E-state index in [0.717, 1.165) is 22.2 Å². The van der Waals surface area contributed by atoms with Crippen LogP contribution in [-0.4, -0.2) is 10.9 Å². The SMILES string of the molecule is CC(=O)Nc1ccccc1-c1nc2ccc(C)cc2o1. The zero-order chi connectivity index (χ0) is 14.1. The first kappa shape index (κ1) is 12.4. The highest BCUT2D eigenvalue weighted by molar-refractivity contribution is 5.93. The number of para-hydroxylation sites is 1. The van der Waals surface area contributed by atoms with Crippen LogP contribution in [0.25, 0.3) is 22.6 Å². The molecule has 0 saturated heterocycles. The number of nitrogens with zero attached hydrogens (tertiary/aromatic N) is 1. The number of hydrogen-bond donors (Lipinski definition) is 1. The molecule has 0 aliphatic carbocycles. The first-order valence-corrected chi connectivity index (χ1v) is 6.37. The topological polar surface area (TPSA) is 55.1 Å². The van der Waals surface area contributed by atoms with Crippen LogP contribution in [0.4, 0.5) is 5.69 Å². The minimum Gasteiger partial charge on any atom is -0.436 e. The van der Waals surface area contributed by atoms with Crippen LogP contribution in [0.2, 0.25) is 0 Å². The third kappa shape index (κ3) is 2.28. The van der Waals surface area contributed by atoms with Gasteiger partial charge >= 0.3 is 0 Å². The molecule has 4 nitrogen and oxygen atoms in total.